The first-order valence-corrected chi connectivity index (χ1v) is 5.37. The highest BCUT2D eigenvalue weighted by Crippen LogP contribution is 2.29. The van der Waals surface area contributed by atoms with Crippen molar-refractivity contribution < 1.29 is 8.94 Å². The summed E-state index contributed by atoms with van der Waals surface area (Å²) in [6.07, 6.45) is 0. The van der Waals surface area contributed by atoms with Crippen molar-refractivity contribution in [1.29, 1.82) is 0 Å². The smallest absolute Gasteiger partial charge is 0.222 e. The third kappa shape index (κ3) is 1.49. The van der Waals surface area contributed by atoms with E-state index in [1.165, 1.54) is 5.56 Å². The molecule has 1 aromatic carbocycles. The van der Waals surface area contributed by atoms with Gasteiger partial charge in [-0.25, -0.2) is 0 Å². The second kappa shape index (κ2) is 3.38. The molecule has 0 atom stereocenters. The first-order chi connectivity index (χ1) is 8.15. The third-order valence-electron chi connectivity index (χ3n) is 3.00. The van der Waals surface area contributed by atoms with Gasteiger partial charge in [0.25, 0.3) is 0 Å². The minimum absolute atomic E-state index is 0.312. The number of hydrogen-bond donors (Lipinski definition) is 1. The Balaban J connectivity index is 2.20. The normalized spacial score (nSPS) is 11.2. The summed E-state index contributed by atoms with van der Waals surface area (Å²) in [7, 11) is 0. The maximum atomic E-state index is 5.68. The Morgan fingerprint density at radius 3 is 2.71 bits per heavy atom. The van der Waals surface area contributed by atoms with Gasteiger partial charge in [-0.05, 0) is 25.5 Å². The van der Waals surface area contributed by atoms with Crippen LogP contribution >= 0.6 is 0 Å². The van der Waals surface area contributed by atoms with Crippen LogP contribution in [0.2, 0.25) is 0 Å². The van der Waals surface area contributed by atoms with E-state index in [9.17, 15) is 0 Å². The average Bonchev–Trinajstić information content (AvgIpc) is 2.85. The summed E-state index contributed by atoms with van der Waals surface area (Å²) in [5.74, 6) is 1.25. The summed E-state index contributed by atoms with van der Waals surface area (Å²) in [6.45, 7) is 4.01. The Morgan fingerprint density at radius 1 is 1.18 bits per heavy atom. The van der Waals surface area contributed by atoms with Gasteiger partial charge in [0.05, 0.1) is 0 Å². The molecule has 2 heterocycles. The molecule has 2 aromatic heterocycles. The van der Waals surface area contributed by atoms with Crippen molar-refractivity contribution in [3.05, 3.63) is 35.6 Å². The van der Waals surface area contributed by atoms with Gasteiger partial charge in [0.1, 0.15) is 17.0 Å². The van der Waals surface area contributed by atoms with Gasteiger partial charge >= 0.3 is 0 Å². The number of nitrogens with two attached hydrogens (primary N) is 1. The molecule has 0 saturated heterocycles. The van der Waals surface area contributed by atoms with E-state index >= 15 is 0 Å². The lowest BCUT2D eigenvalue weighted by Gasteiger charge is -1.95. The molecule has 0 amide bonds. The van der Waals surface area contributed by atoms with Gasteiger partial charge in [0.2, 0.25) is 5.88 Å². The Bertz CT molecular complexity index is 695. The highest BCUT2D eigenvalue weighted by molar-refractivity contribution is 5.86. The zero-order valence-corrected chi connectivity index (χ0v) is 9.65. The van der Waals surface area contributed by atoms with E-state index < -0.39 is 0 Å². The van der Waals surface area contributed by atoms with Crippen molar-refractivity contribution in [2.45, 2.75) is 13.8 Å². The summed E-state index contributed by atoms with van der Waals surface area (Å²) >= 11 is 0. The first-order valence-electron chi connectivity index (χ1n) is 5.37. The number of rotatable bonds is 1. The Kier molecular flexibility index (Phi) is 1.98. The summed E-state index contributed by atoms with van der Waals surface area (Å²) in [4.78, 5) is 0. The molecule has 3 rings (SSSR count). The fourth-order valence-corrected chi connectivity index (χ4v) is 1.93. The molecule has 0 aliphatic carbocycles. The van der Waals surface area contributed by atoms with E-state index in [1.807, 2.05) is 25.1 Å². The number of aryl methyl sites for hydroxylation is 2. The van der Waals surface area contributed by atoms with Crippen LogP contribution in [-0.2, 0) is 0 Å². The summed E-state index contributed by atoms with van der Waals surface area (Å²) in [5, 5.41) is 5.01. The molecular weight excluding hydrogens is 216 g/mol. The van der Waals surface area contributed by atoms with Gasteiger partial charge in [0, 0.05) is 17.0 Å². The molecule has 0 fully saturated rings. The number of nitrogen functional groups attached to an aromatic ring is 1. The number of aromatic nitrogens is 1. The zero-order valence-electron chi connectivity index (χ0n) is 9.65. The van der Waals surface area contributed by atoms with E-state index in [0.29, 0.717) is 5.88 Å². The Morgan fingerprint density at radius 2 is 2.00 bits per heavy atom. The van der Waals surface area contributed by atoms with E-state index in [0.717, 1.165) is 28.0 Å². The van der Waals surface area contributed by atoms with Crippen LogP contribution in [0.15, 0.2) is 33.2 Å². The van der Waals surface area contributed by atoms with Crippen LogP contribution in [0.5, 0.6) is 0 Å². The molecule has 4 heteroatoms. The number of fused-ring (bicyclic) bond motifs is 1. The molecule has 0 aliphatic heterocycles. The fourth-order valence-electron chi connectivity index (χ4n) is 1.93. The molecule has 4 nitrogen and oxygen atoms in total. The molecule has 3 aromatic rings. The molecule has 0 unspecified atom stereocenters. The lowest BCUT2D eigenvalue weighted by atomic mass is 10.1. The molecule has 0 saturated carbocycles. The van der Waals surface area contributed by atoms with E-state index in [2.05, 4.69) is 12.1 Å². The van der Waals surface area contributed by atoms with Crippen LogP contribution < -0.4 is 5.73 Å². The van der Waals surface area contributed by atoms with E-state index in [-0.39, 0.29) is 0 Å². The second-order valence-corrected chi connectivity index (χ2v) is 4.11. The largest absolute Gasteiger partial charge is 0.461 e. The van der Waals surface area contributed by atoms with Crippen LogP contribution in [0, 0.1) is 13.8 Å². The molecule has 0 aliphatic rings. The standard InChI is InChI=1S/C13H12N2O2/c1-7-8(2)16-12-5-9(3-4-10(7)12)11-6-13(14)17-15-11/h3-6H,14H2,1-2H3. The lowest BCUT2D eigenvalue weighted by Crippen LogP contribution is -1.78. The molecule has 0 bridgehead atoms. The Labute approximate surface area is 98.0 Å². The van der Waals surface area contributed by atoms with Gasteiger partial charge in [-0.15, -0.1) is 0 Å². The summed E-state index contributed by atoms with van der Waals surface area (Å²) < 4.78 is 10.5. The fraction of sp³-hybridized carbons (Fsp3) is 0.154. The van der Waals surface area contributed by atoms with E-state index in [4.69, 9.17) is 14.7 Å². The average molecular weight is 228 g/mol. The molecule has 0 radical (unpaired) electrons. The first kappa shape index (κ1) is 9.96. The maximum Gasteiger partial charge on any atom is 0.222 e. The minimum atomic E-state index is 0.312. The van der Waals surface area contributed by atoms with Crippen LogP contribution in [0.3, 0.4) is 0 Å². The van der Waals surface area contributed by atoms with Crippen molar-refractivity contribution >= 4 is 16.9 Å². The number of benzene rings is 1. The topological polar surface area (TPSA) is 65.2 Å². The van der Waals surface area contributed by atoms with Crippen molar-refractivity contribution in [1.82, 2.24) is 5.16 Å². The molecular formula is C13H12N2O2. The molecule has 2 N–H and O–H groups in total. The van der Waals surface area contributed by atoms with Crippen LogP contribution in [0.1, 0.15) is 11.3 Å². The SMILES string of the molecule is Cc1oc2cc(-c3cc(N)on3)ccc2c1C. The number of hydrogen-bond acceptors (Lipinski definition) is 4. The van der Waals surface area contributed by atoms with Gasteiger partial charge in [-0.2, -0.15) is 0 Å². The van der Waals surface area contributed by atoms with Gasteiger partial charge < -0.3 is 14.7 Å². The lowest BCUT2D eigenvalue weighted by molar-refractivity contribution is 0.439. The Hall–Kier alpha value is -2.23. The third-order valence-corrected chi connectivity index (χ3v) is 3.00. The van der Waals surface area contributed by atoms with Crippen molar-refractivity contribution in [3.63, 3.8) is 0 Å². The van der Waals surface area contributed by atoms with Crippen LogP contribution in [0.4, 0.5) is 5.88 Å². The molecule has 0 spiro atoms. The quantitative estimate of drug-likeness (QED) is 0.694. The minimum Gasteiger partial charge on any atom is -0.461 e. The highest BCUT2D eigenvalue weighted by Gasteiger charge is 2.10. The van der Waals surface area contributed by atoms with Crippen LogP contribution in [-0.4, -0.2) is 5.16 Å². The molecule has 17 heavy (non-hydrogen) atoms. The van der Waals surface area contributed by atoms with Crippen molar-refractivity contribution in [2.75, 3.05) is 5.73 Å². The van der Waals surface area contributed by atoms with Gasteiger partial charge in [-0.3, -0.25) is 0 Å². The van der Waals surface area contributed by atoms with E-state index in [1.54, 1.807) is 6.07 Å². The highest BCUT2D eigenvalue weighted by atomic mass is 16.5. The van der Waals surface area contributed by atoms with Gasteiger partial charge in [-0.1, -0.05) is 17.3 Å². The number of nitrogens with zero attached hydrogens (tertiary/aromatic N) is 1. The van der Waals surface area contributed by atoms with Gasteiger partial charge in [0.15, 0.2) is 0 Å². The summed E-state index contributed by atoms with van der Waals surface area (Å²) in [6, 6.07) is 7.67. The van der Waals surface area contributed by atoms with Crippen molar-refractivity contribution in [3.8, 4) is 11.3 Å². The predicted molar refractivity (Wildman–Crippen MR) is 65.6 cm³/mol. The summed E-state index contributed by atoms with van der Waals surface area (Å²) in [5.41, 5.74) is 9.19. The molecule has 86 valence electrons. The second-order valence-electron chi connectivity index (χ2n) is 4.11. The van der Waals surface area contributed by atoms with Crippen molar-refractivity contribution in [2.24, 2.45) is 0 Å². The predicted octanol–water partition coefficient (Wildman–Crippen LogP) is 3.29. The number of anilines is 1. The van der Waals surface area contributed by atoms with Crippen LogP contribution in [0.25, 0.3) is 22.2 Å². The zero-order chi connectivity index (χ0) is 12.0. The number of furan rings is 1. The maximum absolute atomic E-state index is 5.68. The monoisotopic (exact) mass is 228 g/mol.